The molecule has 8 heteroatoms. The number of nitrogens with zero attached hydrogens (tertiary/aromatic N) is 1. The molecule has 30 heavy (non-hydrogen) atoms. The van der Waals surface area contributed by atoms with Crippen LogP contribution in [0, 0.1) is 0 Å². The third kappa shape index (κ3) is 3.81. The molecule has 0 fully saturated rings. The summed E-state index contributed by atoms with van der Waals surface area (Å²) in [6, 6.07) is 9.45. The molecule has 1 amide bonds. The van der Waals surface area contributed by atoms with Crippen LogP contribution in [0.5, 0.6) is 11.5 Å². The number of anilines is 2. The Kier molecular flexibility index (Phi) is 5.85. The van der Waals surface area contributed by atoms with Crippen LogP contribution >= 0.6 is 0 Å². The van der Waals surface area contributed by atoms with E-state index in [1.54, 1.807) is 26.6 Å². The Bertz CT molecular complexity index is 1050. The normalized spacial score (nSPS) is 12.8. The second-order valence-corrected chi connectivity index (χ2v) is 6.77. The highest BCUT2D eigenvalue weighted by Gasteiger charge is 2.28. The van der Waals surface area contributed by atoms with E-state index in [9.17, 15) is 4.79 Å². The van der Waals surface area contributed by atoms with E-state index in [-0.39, 0.29) is 5.91 Å². The van der Waals surface area contributed by atoms with E-state index in [1.807, 2.05) is 30.3 Å². The van der Waals surface area contributed by atoms with Gasteiger partial charge in [-0.3, -0.25) is 9.78 Å². The largest absolute Gasteiger partial charge is 0.495 e. The molecule has 3 aromatic rings. The van der Waals surface area contributed by atoms with E-state index in [0.717, 1.165) is 22.6 Å². The lowest BCUT2D eigenvalue weighted by molar-refractivity contribution is 0.0947. The SMILES string of the molecule is COCCOc1cnccc1-c1[nH]c2c(c1Nc1ccccc1OC)C(=O)NCC2. The molecule has 1 aliphatic heterocycles. The lowest BCUT2D eigenvalue weighted by Crippen LogP contribution is -2.31. The van der Waals surface area contributed by atoms with E-state index >= 15 is 0 Å². The fourth-order valence-corrected chi connectivity index (χ4v) is 3.53. The van der Waals surface area contributed by atoms with Gasteiger partial charge in [-0.2, -0.15) is 0 Å². The summed E-state index contributed by atoms with van der Waals surface area (Å²) in [6.45, 7) is 1.45. The summed E-state index contributed by atoms with van der Waals surface area (Å²) < 4.78 is 16.4. The van der Waals surface area contributed by atoms with Crippen molar-refractivity contribution in [1.82, 2.24) is 15.3 Å². The topological polar surface area (TPSA) is 97.5 Å². The molecule has 0 atom stereocenters. The summed E-state index contributed by atoms with van der Waals surface area (Å²) in [4.78, 5) is 20.4. The molecule has 1 aromatic carbocycles. The summed E-state index contributed by atoms with van der Waals surface area (Å²) in [5.74, 6) is 1.17. The predicted molar refractivity (Wildman–Crippen MR) is 114 cm³/mol. The van der Waals surface area contributed by atoms with Crippen LogP contribution in [-0.4, -0.2) is 49.9 Å². The van der Waals surface area contributed by atoms with Gasteiger partial charge in [0.1, 0.15) is 18.1 Å². The fourth-order valence-electron chi connectivity index (χ4n) is 3.53. The third-order valence-corrected chi connectivity index (χ3v) is 4.93. The smallest absolute Gasteiger partial charge is 0.255 e. The number of amides is 1. The van der Waals surface area contributed by atoms with Gasteiger partial charge in [-0.25, -0.2) is 0 Å². The number of aromatic amines is 1. The van der Waals surface area contributed by atoms with Crippen molar-refractivity contribution < 1.29 is 19.0 Å². The molecule has 0 aliphatic carbocycles. The molecule has 0 saturated carbocycles. The van der Waals surface area contributed by atoms with Gasteiger partial charge in [0.05, 0.1) is 42.5 Å². The van der Waals surface area contributed by atoms with Crippen molar-refractivity contribution in [3.8, 4) is 22.8 Å². The molecule has 2 aromatic heterocycles. The Morgan fingerprint density at radius 1 is 1.13 bits per heavy atom. The van der Waals surface area contributed by atoms with Gasteiger partial charge in [0.15, 0.2) is 0 Å². The molecule has 3 heterocycles. The Morgan fingerprint density at radius 2 is 2.00 bits per heavy atom. The number of benzene rings is 1. The molecule has 8 nitrogen and oxygen atoms in total. The lowest BCUT2D eigenvalue weighted by Gasteiger charge is -2.17. The minimum absolute atomic E-state index is 0.118. The van der Waals surface area contributed by atoms with Gasteiger partial charge in [0.2, 0.25) is 0 Å². The predicted octanol–water partition coefficient (Wildman–Crippen LogP) is 3.14. The first-order valence-corrected chi connectivity index (χ1v) is 9.72. The number of nitrogens with one attached hydrogen (secondary N) is 3. The number of carbonyl (C=O) groups excluding carboxylic acids is 1. The van der Waals surface area contributed by atoms with Gasteiger partial charge < -0.3 is 29.8 Å². The molecule has 0 saturated heterocycles. The van der Waals surface area contributed by atoms with Crippen LogP contribution in [0.1, 0.15) is 16.1 Å². The molecule has 3 N–H and O–H groups in total. The molecule has 4 rings (SSSR count). The Labute approximate surface area is 174 Å². The Morgan fingerprint density at radius 3 is 2.83 bits per heavy atom. The maximum absolute atomic E-state index is 12.7. The van der Waals surface area contributed by atoms with Gasteiger partial charge in [-0.15, -0.1) is 0 Å². The zero-order valence-electron chi connectivity index (χ0n) is 17.0. The van der Waals surface area contributed by atoms with Crippen molar-refractivity contribution >= 4 is 17.3 Å². The van der Waals surface area contributed by atoms with Crippen LogP contribution in [-0.2, 0) is 11.2 Å². The first kappa shape index (κ1) is 19.8. The standard InChI is InChI=1S/C22H24N4O4/c1-28-11-12-30-18-13-23-9-7-14(18)20-21(19-16(26-20)8-10-24-22(19)27)25-15-5-3-4-6-17(15)29-2/h3-7,9,13,25-26H,8,10-12H2,1-2H3,(H,24,27). The maximum atomic E-state index is 12.7. The fraction of sp³-hybridized carbons (Fsp3) is 0.273. The second kappa shape index (κ2) is 8.87. The molecule has 156 valence electrons. The third-order valence-electron chi connectivity index (χ3n) is 4.93. The number of fused-ring (bicyclic) bond motifs is 1. The van der Waals surface area contributed by atoms with Crippen molar-refractivity contribution in [2.45, 2.75) is 6.42 Å². The number of hydrogen-bond donors (Lipinski definition) is 3. The molecule has 1 aliphatic rings. The van der Waals surface area contributed by atoms with Gasteiger partial charge >= 0.3 is 0 Å². The number of para-hydroxylation sites is 2. The minimum atomic E-state index is -0.118. The lowest BCUT2D eigenvalue weighted by atomic mass is 10.0. The first-order valence-electron chi connectivity index (χ1n) is 9.72. The molecule has 0 spiro atoms. The van der Waals surface area contributed by atoms with E-state index < -0.39 is 0 Å². The Hall–Kier alpha value is -3.52. The van der Waals surface area contributed by atoms with Crippen molar-refractivity contribution in [2.24, 2.45) is 0 Å². The number of H-pyrrole nitrogens is 1. The van der Waals surface area contributed by atoms with Gasteiger partial charge in [0, 0.05) is 37.5 Å². The number of methoxy groups -OCH3 is 2. The van der Waals surface area contributed by atoms with E-state index in [0.29, 0.717) is 48.9 Å². The first-order chi connectivity index (χ1) is 14.7. The van der Waals surface area contributed by atoms with Crippen LogP contribution in [0.4, 0.5) is 11.4 Å². The minimum Gasteiger partial charge on any atom is -0.495 e. The quantitative estimate of drug-likeness (QED) is 0.496. The summed E-state index contributed by atoms with van der Waals surface area (Å²) in [6.07, 6.45) is 4.08. The molecular weight excluding hydrogens is 384 g/mol. The highest BCUT2D eigenvalue weighted by molar-refractivity contribution is 6.06. The maximum Gasteiger partial charge on any atom is 0.255 e. The monoisotopic (exact) mass is 408 g/mol. The van der Waals surface area contributed by atoms with E-state index in [4.69, 9.17) is 14.2 Å². The number of pyridine rings is 1. The summed E-state index contributed by atoms with van der Waals surface area (Å²) in [7, 11) is 3.24. The number of carbonyl (C=O) groups is 1. The van der Waals surface area contributed by atoms with Crippen LogP contribution in [0.15, 0.2) is 42.7 Å². The number of hydrogen-bond acceptors (Lipinski definition) is 6. The van der Waals surface area contributed by atoms with Crippen LogP contribution < -0.4 is 20.1 Å². The molecular formula is C22H24N4O4. The summed E-state index contributed by atoms with van der Waals surface area (Å²) >= 11 is 0. The summed E-state index contributed by atoms with van der Waals surface area (Å²) in [5, 5.41) is 6.33. The Balaban J connectivity index is 1.82. The van der Waals surface area contributed by atoms with Gasteiger partial charge in [-0.1, -0.05) is 12.1 Å². The van der Waals surface area contributed by atoms with Crippen molar-refractivity contribution in [3.63, 3.8) is 0 Å². The average molecular weight is 408 g/mol. The van der Waals surface area contributed by atoms with Crippen LogP contribution in [0.2, 0.25) is 0 Å². The van der Waals surface area contributed by atoms with Crippen molar-refractivity contribution in [3.05, 3.63) is 54.0 Å². The number of ether oxygens (including phenoxy) is 3. The molecule has 0 radical (unpaired) electrons. The van der Waals surface area contributed by atoms with Gasteiger partial charge in [0.25, 0.3) is 5.91 Å². The number of aromatic nitrogens is 2. The number of rotatable bonds is 8. The molecule has 0 unspecified atom stereocenters. The molecule has 0 bridgehead atoms. The van der Waals surface area contributed by atoms with E-state index in [1.165, 1.54) is 0 Å². The van der Waals surface area contributed by atoms with Gasteiger partial charge in [-0.05, 0) is 18.2 Å². The second-order valence-electron chi connectivity index (χ2n) is 6.77. The van der Waals surface area contributed by atoms with Crippen molar-refractivity contribution in [2.75, 3.05) is 39.3 Å². The highest BCUT2D eigenvalue weighted by atomic mass is 16.5. The van der Waals surface area contributed by atoms with Crippen LogP contribution in [0.25, 0.3) is 11.3 Å². The highest BCUT2D eigenvalue weighted by Crippen LogP contribution is 2.41. The average Bonchev–Trinajstić information content (AvgIpc) is 3.14. The van der Waals surface area contributed by atoms with E-state index in [2.05, 4.69) is 20.6 Å². The zero-order valence-corrected chi connectivity index (χ0v) is 17.0. The van der Waals surface area contributed by atoms with Crippen LogP contribution in [0.3, 0.4) is 0 Å². The summed E-state index contributed by atoms with van der Waals surface area (Å²) in [5.41, 5.74) is 4.48. The van der Waals surface area contributed by atoms with Crippen molar-refractivity contribution in [1.29, 1.82) is 0 Å². The zero-order chi connectivity index (χ0) is 20.9.